The van der Waals surface area contributed by atoms with Crippen LogP contribution >= 0.6 is 22.9 Å². The number of aromatic nitrogens is 2. The predicted octanol–water partition coefficient (Wildman–Crippen LogP) is 1.61. The van der Waals surface area contributed by atoms with Crippen LogP contribution in [0.2, 0.25) is 0 Å². The molecule has 0 aromatic carbocycles. The van der Waals surface area contributed by atoms with Crippen molar-refractivity contribution in [2.24, 2.45) is 0 Å². The van der Waals surface area contributed by atoms with Gasteiger partial charge in [0.25, 0.3) is 5.56 Å². The molecule has 0 saturated carbocycles. The van der Waals surface area contributed by atoms with Crippen LogP contribution < -0.4 is 10.5 Å². The summed E-state index contributed by atoms with van der Waals surface area (Å²) in [4.78, 5) is 23.6. The lowest BCUT2D eigenvalue weighted by Gasteiger charge is -2.34. The van der Waals surface area contributed by atoms with Gasteiger partial charge in [-0.3, -0.25) is 9.69 Å². The van der Waals surface area contributed by atoms with Gasteiger partial charge in [0, 0.05) is 32.6 Å². The van der Waals surface area contributed by atoms with Crippen molar-refractivity contribution in [3.05, 3.63) is 44.1 Å². The summed E-state index contributed by atoms with van der Waals surface area (Å²) in [6, 6.07) is 4.48. The average molecular weight is 350 g/mol. The van der Waals surface area contributed by atoms with E-state index < -0.39 is 0 Å². The smallest absolute Gasteiger partial charge is 0.271 e. The van der Waals surface area contributed by atoms with Crippen molar-refractivity contribution in [2.45, 2.75) is 6.42 Å². The lowest BCUT2D eigenvalue weighted by molar-refractivity contribution is 0.297. The van der Waals surface area contributed by atoms with Crippen LogP contribution in [0.5, 0.6) is 0 Å². The molecular weight excluding hydrogens is 334 g/mol. The summed E-state index contributed by atoms with van der Waals surface area (Å²) < 4.78 is 0. The second-order valence-electron chi connectivity index (χ2n) is 5.36. The standard InChI is InChI=1S/C15H16ClN5OS/c16-10-20-2-4-21(5-3-20)14-12(8-17)15(22)19-13(18-14)7-11-1-6-23-9-11/h1,6,9H,2-5,7,10H2,(H,18,19,22). The normalized spacial score (nSPS) is 15.6. The van der Waals surface area contributed by atoms with Crippen LogP contribution in [-0.2, 0) is 6.42 Å². The molecule has 23 heavy (non-hydrogen) atoms. The fourth-order valence-corrected chi connectivity index (χ4v) is 3.49. The van der Waals surface area contributed by atoms with Gasteiger partial charge < -0.3 is 9.88 Å². The lowest BCUT2D eigenvalue weighted by atomic mass is 10.2. The largest absolute Gasteiger partial charge is 0.353 e. The van der Waals surface area contributed by atoms with Crippen molar-refractivity contribution in [3.8, 4) is 6.07 Å². The van der Waals surface area contributed by atoms with Crippen LogP contribution in [0.3, 0.4) is 0 Å². The van der Waals surface area contributed by atoms with Gasteiger partial charge in [0.05, 0.1) is 6.00 Å². The number of nitrogens with zero attached hydrogens (tertiary/aromatic N) is 4. The maximum atomic E-state index is 12.2. The molecular formula is C15H16ClN5OS. The summed E-state index contributed by atoms with van der Waals surface area (Å²) in [5.41, 5.74) is 0.807. The summed E-state index contributed by atoms with van der Waals surface area (Å²) in [6.45, 7) is 3.00. The molecule has 1 saturated heterocycles. The molecule has 0 bridgehead atoms. The van der Waals surface area contributed by atoms with E-state index in [-0.39, 0.29) is 11.1 Å². The summed E-state index contributed by atoms with van der Waals surface area (Å²) in [7, 11) is 0. The molecule has 6 nitrogen and oxygen atoms in total. The maximum Gasteiger partial charge on any atom is 0.271 e. The number of nitriles is 1. The topological polar surface area (TPSA) is 76.0 Å². The number of alkyl halides is 1. The Labute approximate surface area is 142 Å². The zero-order valence-electron chi connectivity index (χ0n) is 12.5. The van der Waals surface area contributed by atoms with Gasteiger partial charge in [0.2, 0.25) is 0 Å². The fraction of sp³-hybridized carbons (Fsp3) is 0.400. The number of hydrogen-bond donors (Lipinski definition) is 1. The SMILES string of the molecule is N#Cc1c(N2CCN(CCl)CC2)nc(Cc2ccsc2)[nH]c1=O. The maximum absolute atomic E-state index is 12.2. The highest BCUT2D eigenvalue weighted by Gasteiger charge is 2.22. The first-order valence-electron chi connectivity index (χ1n) is 7.29. The zero-order valence-corrected chi connectivity index (χ0v) is 14.0. The molecule has 0 unspecified atom stereocenters. The van der Waals surface area contributed by atoms with E-state index >= 15 is 0 Å². The number of aromatic amines is 1. The van der Waals surface area contributed by atoms with Gasteiger partial charge in [-0.1, -0.05) is 0 Å². The van der Waals surface area contributed by atoms with E-state index in [0.29, 0.717) is 37.2 Å². The Morgan fingerprint density at radius 2 is 2.17 bits per heavy atom. The van der Waals surface area contributed by atoms with Crippen molar-refractivity contribution >= 4 is 28.8 Å². The molecule has 0 amide bonds. The second kappa shape index (κ2) is 7.13. The van der Waals surface area contributed by atoms with E-state index in [0.717, 1.165) is 18.7 Å². The molecule has 2 aromatic heterocycles. The lowest BCUT2D eigenvalue weighted by Crippen LogP contribution is -2.47. The van der Waals surface area contributed by atoms with Crippen LogP contribution in [0, 0.1) is 11.3 Å². The predicted molar refractivity (Wildman–Crippen MR) is 91.2 cm³/mol. The minimum atomic E-state index is -0.373. The molecule has 1 aliphatic heterocycles. The van der Waals surface area contributed by atoms with Crippen LogP contribution in [0.4, 0.5) is 5.82 Å². The first-order chi connectivity index (χ1) is 11.2. The van der Waals surface area contributed by atoms with Crippen molar-refractivity contribution in [2.75, 3.05) is 37.1 Å². The zero-order chi connectivity index (χ0) is 16.2. The Morgan fingerprint density at radius 1 is 1.39 bits per heavy atom. The molecule has 8 heteroatoms. The number of rotatable bonds is 4. The Kier molecular flexibility index (Phi) is 4.96. The van der Waals surface area contributed by atoms with E-state index in [4.69, 9.17) is 11.6 Å². The quantitative estimate of drug-likeness (QED) is 0.670. The van der Waals surface area contributed by atoms with Gasteiger partial charge in [0.1, 0.15) is 11.9 Å². The van der Waals surface area contributed by atoms with Crippen molar-refractivity contribution < 1.29 is 0 Å². The number of anilines is 1. The third kappa shape index (κ3) is 3.55. The minimum Gasteiger partial charge on any atom is -0.353 e. The molecule has 1 aliphatic rings. The van der Waals surface area contributed by atoms with E-state index in [1.807, 2.05) is 27.8 Å². The third-order valence-electron chi connectivity index (χ3n) is 3.85. The molecule has 1 fully saturated rings. The number of hydrogen-bond acceptors (Lipinski definition) is 6. The highest BCUT2D eigenvalue weighted by atomic mass is 35.5. The molecule has 3 heterocycles. The third-order valence-corrected chi connectivity index (χ3v) is 4.92. The van der Waals surface area contributed by atoms with E-state index in [1.54, 1.807) is 11.3 Å². The summed E-state index contributed by atoms with van der Waals surface area (Å²) in [5, 5.41) is 13.3. The average Bonchev–Trinajstić information content (AvgIpc) is 3.07. The van der Waals surface area contributed by atoms with Crippen LogP contribution in [0.1, 0.15) is 17.0 Å². The Morgan fingerprint density at radius 3 is 2.78 bits per heavy atom. The van der Waals surface area contributed by atoms with Gasteiger partial charge in [-0.15, -0.1) is 11.6 Å². The van der Waals surface area contributed by atoms with Gasteiger partial charge in [-0.05, 0) is 22.4 Å². The highest BCUT2D eigenvalue weighted by Crippen LogP contribution is 2.18. The first kappa shape index (κ1) is 16.0. The summed E-state index contributed by atoms with van der Waals surface area (Å²) >= 11 is 7.45. The number of H-pyrrole nitrogens is 1. The number of halogens is 1. The molecule has 0 aliphatic carbocycles. The minimum absolute atomic E-state index is 0.0818. The fourth-order valence-electron chi connectivity index (χ4n) is 2.59. The van der Waals surface area contributed by atoms with Gasteiger partial charge >= 0.3 is 0 Å². The second-order valence-corrected chi connectivity index (χ2v) is 6.38. The van der Waals surface area contributed by atoms with Crippen LogP contribution in [0.25, 0.3) is 0 Å². The van der Waals surface area contributed by atoms with Crippen LogP contribution in [0.15, 0.2) is 21.6 Å². The first-order valence-corrected chi connectivity index (χ1v) is 8.76. The molecule has 1 N–H and O–H groups in total. The number of nitrogens with one attached hydrogen (secondary N) is 1. The van der Waals surface area contributed by atoms with Crippen molar-refractivity contribution in [1.82, 2.24) is 14.9 Å². The van der Waals surface area contributed by atoms with E-state index in [2.05, 4.69) is 14.9 Å². The molecule has 0 atom stereocenters. The Balaban J connectivity index is 1.90. The van der Waals surface area contributed by atoms with Gasteiger partial charge in [-0.2, -0.15) is 16.6 Å². The van der Waals surface area contributed by atoms with E-state index in [9.17, 15) is 10.1 Å². The van der Waals surface area contributed by atoms with Crippen molar-refractivity contribution in [3.63, 3.8) is 0 Å². The molecule has 2 aromatic rings. The molecule has 0 spiro atoms. The molecule has 120 valence electrons. The molecule has 0 radical (unpaired) electrons. The number of thiophene rings is 1. The number of piperazine rings is 1. The van der Waals surface area contributed by atoms with Gasteiger partial charge in [-0.25, -0.2) is 4.98 Å². The summed E-state index contributed by atoms with van der Waals surface area (Å²) in [6.07, 6.45) is 0.555. The van der Waals surface area contributed by atoms with Gasteiger partial charge in [0.15, 0.2) is 11.4 Å². The Bertz CT molecular complexity index is 759. The molecule has 3 rings (SSSR count). The monoisotopic (exact) mass is 349 g/mol. The van der Waals surface area contributed by atoms with E-state index in [1.165, 1.54) is 0 Å². The van der Waals surface area contributed by atoms with Crippen molar-refractivity contribution in [1.29, 1.82) is 5.26 Å². The summed E-state index contributed by atoms with van der Waals surface area (Å²) in [5.74, 6) is 1.07. The van der Waals surface area contributed by atoms with Crippen LogP contribution in [-0.4, -0.2) is 47.1 Å². The Hall–Kier alpha value is -1.88. The highest BCUT2D eigenvalue weighted by molar-refractivity contribution is 7.07.